The van der Waals surface area contributed by atoms with Gasteiger partial charge in [0.2, 0.25) is 0 Å². The number of alkyl halides is 3. The summed E-state index contributed by atoms with van der Waals surface area (Å²) in [6.07, 6.45) is -1.58. The van der Waals surface area contributed by atoms with Crippen LogP contribution in [-0.2, 0) is 11.0 Å². The molecule has 0 atom stereocenters. The molecule has 3 rings (SSSR count). The van der Waals surface area contributed by atoms with Crippen molar-refractivity contribution in [3.63, 3.8) is 0 Å². The minimum absolute atomic E-state index is 0.00585. The van der Waals surface area contributed by atoms with E-state index in [0.29, 0.717) is 14.9 Å². The Kier molecular flexibility index (Phi) is 7.64. The van der Waals surface area contributed by atoms with Crippen LogP contribution in [0.4, 0.5) is 13.2 Å². The maximum Gasteiger partial charge on any atom is 0.416 e. The summed E-state index contributed by atoms with van der Waals surface area (Å²) in [7, 11) is 0. The average molecular weight is 469 g/mol. The number of hydrogen-bond acceptors (Lipinski definition) is 6. The third-order valence-electron chi connectivity index (χ3n) is 3.90. The largest absolute Gasteiger partial charge is 0.490 e. The SMILES string of the molecule is O=C(C/C=N\OCCOc1cccc(C(F)(F)F)c1)c1cnc(-c2ccc(Cl)cc2)s1. The van der Waals surface area contributed by atoms with E-state index < -0.39 is 11.7 Å². The first-order valence-electron chi connectivity index (χ1n) is 9.02. The molecular weight excluding hydrogens is 453 g/mol. The summed E-state index contributed by atoms with van der Waals surface area (Å²) < 4.78 is 43.2. The lowest BCUT2D eigenvalue weighted by atomic mass is 10.2. The molecule has 0 bridgehead atoms. The van der Waals surface area contributed by atoms with Crippen LogP contribution >= 0.6 is 22.9 Å². The molecule has 0 aliphatic carbocycles. The number of thiazole rings is 1. The second kappa shape index (κ2) is 10.4. The lowest BCUT2D eigenvalue weighted by Crippen LogP contribution is -2.07. The number of hydrogen-bond donors (Lipinski definition) is 0. The maximum absolute atomic E-state index is 12.7. The highest BCUT2D eigenvalue weighted by molar-refractivity contribution is 7.17. The summed E-state index contributed by atoms with van der Waals surface area (Å²) in [5.74, 6) is -0.0791. The molecule has 2 aromatic carbocycles. The van der Waals surface area contributed by atoms with E-state index in [4.69, 9.17) is 21.2 Å². The van der Waals surface area contributed by atoms with Gasteiger partial charge in [0.05, 0.1) is 23.1 Å². The second-order valence-electron chi connectivity index (χ2n) is 6.16. The van der Waals surface area contributed by atoms with Crippen LogP contribution in [0.1, 0.15) is 21.7 Å². The summed E-state index contributed by atoms with van der Waals surface area (Å²) >= 11 is 7.13. The van der Waals surface area contributed by atoms with Crippen LogP contribution in [0.5, 0.6) is 5.75 Å². The Morgan fingerprint density at radius 2 is 1.94 bits per heavy atom. The van der Waals surface area contributed by atoms with Gasteiger partial charge in [0.15, 0.2) is 12.4 Å². The molecule has 0 amide bonds. The Hall–Kier alpha value is -2.91. The van der Waals surface area contributed by atoms with Crippen LogP contribution in [0.15, 0.2) is 59.9 Å². The van der Waals surface area contributed by atoms with Crippen LogP contribution in [0, 0.1) is 0 Å². The Balaban J connectivity index is 1.40. The lowest BCUT2D eigenvalue weighted by Gasteiger charge is -2.09. The van der Waals surface area contributed by atoms with Crippen molar-refractivity contribution in [3.8, 4) is 16.3 Å². The van der Waals surface area contributed by atoms with Gasteiger partial charge in [-0.3, -0.25) is 4.79 Å². The molecule has 31 heavy (non-hydrogen) atoms. The fourth-order valence-corrected chi connectivity index (χ4v) is 3.41. The summed E-state index contributed by atoms with van der Waals surface area (Å²) in [5, 5.41) is 4.99. The number of rotatable bonds is 9. The van der Waals surface area contributed by atoms with E-state index in [1.165, 1.54) is 35.9 Å². The van der Waals surface area contributed by atoms with Crippen molar-refractivity contribution in [1.29, 1.82) is 0 Å². The van der Waals surface area contributed by atoms with Gasteiger partial charge in [-0.25, -0.2) is 4.98 Å². The molecule has 5 nitrogen and oxygen atoms in total. The van der Waals surface area contributed by atoms with Crippen molar-refractivity contribution in [1.82, 2.24) is 4.98 Å². The van der Waals surface area contributed by atoms with E-state index in [-0.39, 0.29) is 31.2 Å². The second-order valence-corrected chi connectivity index (χ2v) is 7.63. The molecule has 0 saturated heterocycles. The van der Waals surface area contributed by atoms with Crippen LogP contribution in [-0.4, -0.2) is 30.2 Å². The van der Waals surface area contributed by atoms with Gasteiger partial charge in [0.1, 0.15) is 17.4 Å². The van der Waals surface area contributed by atoms with Crippen molar-refractivity contribution in [2.45, 2.75) is 12.6 Å². The fourth-order valence-electron chi connectivity index (χ4n) is 2.41. The summed E-state index contributed by atoms with van der Waals surface area (Å²) in [6, 6.07) is 11.7. The van der Waals surface area contributed by atoms with E-state index >= 15 is 0 Å². The molecule has 0 saturated carbocycles. The van der Waals surface area contributed by atoms with Crippen LogP contribution in [0.2, 0.25) is 5.02 Å². The zero-order chi connectivity index (χ0) is 22.3. The number of oxime groups is 1. The highest BCUT2D eigenvalue weighted by Gasteiger charge is 2.30. The molecule has 0 N–H and O–H groups in total. The van der Waals surface area contributed by atoms with E-state index in [0.717, 1.165) is 17.7 Å². The topological polar surface area (TPSA) is 60.8 Å². The average Bonchev–Trinajstić information content (AvgIpc) is 3.23. The number of nitrogens with zero attached hydrogens (tertiary/aromatic N) is 2. The number of halogens is 4. The third kappa shape index (κ3) is 6.80. The zero-order valence-corrected chi connectivity index (χ0v) is 17.5. The number of benzene rings is 2. The predicted molar refractivity (Wildman–Crippen MR) is 113 cm³/mol. The highest BCUT2D eigenvalue weighted by Crippen LogP contribution is 2.31. The quantitative estimate of drug-likeness (QED) is 0.164. The summed E-state index contributed by atoms with van der Waals surface area (Å²) in [4.78, 5) is 21.9. The monoisotopic (exact) mass is 468 g/mol. The van der Waals surface area contributed by atoms with E-state index in [1.54, 1.807) is 12.1 Å². The van der Waals surface area contributed by atoms with Crippen molar-refractivity contribution in [2.75, 3.05) is 13.2 Å². The van der Waals surface area contributed by atoms with Crippen molar-refractivity contribution >= 4 is 34.9 Å². The predicted octanol–water partition coefficient (Wildman–Crippen LogP) is 6.14. The minimum atomic E-state index is -4.43. The lowest BCUT2D eigenvalue weighted by molar-refractivity contribution is -0.137. The number of ketones is 1. The third-order valence-corrected chi connectivity index (χ3v) is 5.24. The molecular formula is C21H16ClF3N2O3S. The van der Waals surface area contributed by atoms with E-state index in [1.807, 2.05) is 12.1 Å². The van der Waals surface area contributed by atoms with E-state index in [2.05, 4.69) is 10.1 Å². The molecule has 0 aliphatic heterocycles. The first-order chi connectivity index (χ1) is 14.8. The summed E-state index contributed by atoms with van der Waals surface area (Å²) in [6.45, 7) is 0.0219. The standard InChI is InChI=1S/C21H16ClF3N2O3S/c22-16-6-4-14(5-7-16)20-26-13-19(31-20)18(28)8-9-27-30-11-10-29-17-3-1-2-15(12-17)21(23,24)25/h1-7,9,12-13H,8,10-11H2/b27-9-. The molecule has 0 fully saturated rings. The first kappa shape index (κ1) is 22.8. The van der Waals surface area contributed by atoms with Gasteiger partial charge in [-0.2, -0.15) is 13.2 Å². The Morgan fingerprint density at radius 1 is 1.16 bits per heavy atom. The van der Waals surface area contributed by atoms with Crippen molar-refractivity contribution in [2.24, 2.45) is 5.16 Å². The normalized spacial score (nSPS) is 11.6. The van der Waals surface area contributed by atoms with Gasteiger partial charge in [-0.1, -0.05) is 35.0 Å². The number of carbonyl (C=O) groups excluding carboxylic acids is 1. The van der Waals surface area contributed by atoms with Gasteiger partial charge >= 0.3 is 6.18 Å². The molecule has 1 heterocycles. The number of ether oxygens (including phenoxy) is 1. The first-order valence-corrected chi connectivity index (χ1v) is 10.2. The van der Waals surface area contributed by atoms with Gasteiger partial charge < -0.3 is 9.57 Å². The van der Waals surface area contributed by atoms with Crippen LogP contribution in [0.3, 0.4) is 0 Å². The fraction of sp³-hybridized carbons (Fsp3) is 0.190. The number of aromatic nitrogens is 1. The van der Waals surface area contributed by atoms with Gasteiger partial charge in [0.25, 0.3) is 0 Å². The molecule has 1 aromatic heterocycles. The zero-order valence-electron chi connectivity index (χ0n) is 15.9. The summed E-state index contributed by atoms with van der Waals surface area (Å²) in [5.41, 5.74) is 0.0796. The van der Waals surface area contributed by atoms with Crippen molar-refractivity contribution in [3.05, 3.63) is 70.2 Å². The van der Waals surface area contributed by atoms with Gasteiger partial charge in [0, 0.05) is 16.8 Å². The van der Waals surface area contributed by atoms with E-state index in [9.17, 15) is 18.0 Å². The Bertz CT molecular complexity index is 1050. The van der Waals surface area contributed by atoms with Crippen LogP contribution < -0.4 is 4.74 Å². The Labute approximate surface area is 185 Å². The molecule has 3 aromatic rings. The minimum Gasteiger partial charge on any atom is -0.490 e. The van der Waals surface area contributed by atoms with Crippen LogP contribution in [0.25, 0.3) is 10.6 Å². The number of carbonyl (C=O) groups is 1. The smallest absolute Gasteiger partial charge is 0.416 e. The molecule has 162 valence electrons. The maximum atomic E-state index is 12.7. The molecule has 10 heteroatoms. The molecule has 0 spiro atoms. The molecule has 0 unspecified atom stereocenters. The van der Waals surface area contributed by atoms with Gasteiger partial charge in [-0.05, 0) is 30.3 Å². The Morgan fingerprint density at radius 3 is 2.68 bits per heavy atom. The highest BCUT2D eigenvalue weighted by atomic mass is 35.5. The molecule has 0 radical (unpaired) electrons. The van der Waals surface area contributed by atoms with Crippen molar-refractivity contribution < 1.29 is 27.5 Å². The van der Waals surface area contributed by atoms with Gasteiger partial charge in [-0.15, -0.1) is 11.3 Å². The number of Topliss-reactive ketones (excluding diaryl/α,β-unsaturated/α-hetero) is 1. The molecule has 0 aliphatic rings.